The van der Waals surface area contributed by atoms with Crippen LogP contribution in [-0.4, -0.2) is 32.2 Å². The van der Waals surface area contributed by atoms with Gasteiger partial charge in [0.2, 0.25) is 5.91 Å². The lowest BCUT2D eigenvalue weighted by Gasteiger charge is -2.23. The van der Waals surface area contributed by atoms with Crippen LogP contribution in [0.1, 0.15) is 33.1 Å². The van der Waals surface area contributed by atoms with Gasteiger partial charge in [0, 0.05) is 12.0 Å². The van der Waals surface area contributed by atoms with E-state index in [2.05, 4.69) is 10.6 Å². The van der Waals surface area contributed by atoms with Crippen molar-refractivity contribution in [2.45, 2.75) is 33.1 Å². The smallest absolute Gasteiger partial charge is 0.228 e. The molecule has 134 valence electrons. The number of hydrogen-bond acceptors (Lipinski definition) is 4. The van der Waals surface area contributed by atoms with Gasteiger partial charge in [-0.15, -0.1) is 12.4 Å². The molecule has 1 amide bonds. The summed E-state index contributed by atoms with van der Waals surface area (Å²) >= 11 is 0. The SMILES string of the molecule is CCOc1ccc(OCC)c(NC(=O)C2CC23CCNCC3)c1.Cl. The van der Waals surface area contributed by atoms with Crippen LogP contribution >= 0.6 is 12.4 Å². The third kappa shape index (κ3) is 3.95. The molecule has 1 heterocycles. The number of hydrogen-bond donors (Lipinski definition) is 2. The van der Waals surface area contributed by atoms with Crippen molar-refractivity contribution >= 4 is 24.0 Å². The van der Waals surface area contributed by atoms with E-state index in [-0.39, 0.29) is 29.6 Å². The van der Waals surface area contributed by atoms with Crippen LogP contribution < -0.4 is 20.1 Å². The Balaban J connectivity index is 0.00000208. The highest BCUT2D eigenvalue weighted by molar-refractivity contribution is 5.96. The number of nitrogens with one attached hydrogen (secondary N) is 2. The molecule has 0 radical (unpaired) electrons. The third-order valence-corrected chi connectivity index (χ3v) is 4.93. The van der Waals surface area contributed by atoms with E-state index in [1.807, 2.05) is 32.0 Å². The summed E-state index contributed by atoms with van der Waals surface area (Å²) < 4.78 is 11.2. The van der Waals surface area contributed by atoms with Crippen LogP contribution in [0.5, 0.6) is 11.5 Å². The number of carbonyl (C=O) groups excluding carboxylic acids is 1. The molecule has 0 bridgehead atoms. The van der Waals surface area contributed by atoms with Gasteiger partial charge in [-0.3, -0.25) is 4.79 Å². The van der Waals surface area contributed by atoms with Crippen LogP contribution in [-0.2, 0) is 4.79 Å². The van der Waals surface area contributed by atoms with Crippen LogP contribution in [0.4, 0.5) is 5.69 Å². The summed E-state index contributed by atoms with van der Waals surface area (Å²) in [6.45, 7) is 7.09. The molecular formula is C18H27ClN2O3. The molecule has 1 unspecified atom stereocenters. The van der Waals surface area contributed by atoms with Gasteiger partial charge >= 0.3 is 0 Å². The molecule has 1 saturated carbocycles. The number of halogens is 1. The monoisotopic (exact) mass is 354 g/mol. The molecule has 6 heteroatoms. The second-order valence-corrected chi connectivity index (χ2v) is 6.38. The van der Waals surface area contributed by atoms with E-state index in [0.717, 1.165) is 38.1 Å². The summed E-state index contributed by atoms with van der Waals surface area (Å²) in [5.41, 5.74) is 0.942. The summed E-state index contributed by atoms with van der Waals surface area (Å²) in [4.78, 5) is 12.6. The number of benzene rings is 1. The molecule has 1 atom stereocenters. The zero-order valence-electron chi connectivity index (χ0n) is 14.4. The van der Waals surface area contributed by atoms with Crippen LogP contribution in [0.2, 0.25) is 0 Å². The Morgan fingerprint density at radius 1 is 1.25 bits per heavy atom. The Morgan fingerprint density at radius 3 is 2.62 bits per heavy atom. The van der Waals surface area contributed by atoms with Crippen molar-refractivity contribution in [3.05, 3.63) is 18.2 Å². The Morgan fingerprint density at radius 2 is 1.96 bits per heavy atom. The summed E-state index contributed by atoms with van der Waals surface area (Å²) in [6.07, 6.45) is 3.21. The van der Waals surface area contributed by atoms with Crippen molar-refractivity contribution in [3.63, 3.8) is 0 Å². The fourth-order valence-corrected chi connectivity index (χ4v) is 3.56. The molecule has 1 saturated heterocycles. The lowest BCUT2D eigenvalue weighted by molar-refractivity contribution is -0.118. The first-order chi connectivity index (χ1) is 11.2. The first kappa shape index (κ1) is 18.9. The standard InChI is InChI=1S/C18H26N2O3.ClH/c1-3-22-13-5-6-16(23-4-2)15(11-13)20-17(21)14-12-18(14)7-9-19-10-8-18;/h5-6,11,14,19H,3-4,7-10,12H2,1-2H3,(H,20,21);1H. The fraction of sp³-hybridized carbons (Fsp3) is 0.611. The maximum absolute atomic E-state index is 12.6. The van der Waals surface area contributed by atoms with E-state index < -0.39 is 0 Å². The van der Waals surface area contributed by atoms with Gasteiger partial charge in [0.15, 0.2) is 0 Å². The van der Waals surface area contributed by atoms with Crippen molar-refractivity contribution < 1.29 is 14.3 Å². The summed E-state index contributed by atoms with van der Waals surface area (Å²) in [6, 6.07) is 5.58. The quantitative estimate of drug-likeness (QED) is 0.823. The van der Waals surface area contributed by atoms with Crippen LogP contribution in [0.3, 0.4) is 0 Å². The van der Waals surface area contributed by atoms with E-state index in [9.17, 15) is 4.79 Å². The highest BCUT2D eigenvalue weighted by Gasteiger charge is 2.57. The van der Waals surface area contributed by atoms with E-state index in [4.69, 9.17) is 9.47 Å². The lowest BCUT2D eigenvalue weighted by atomic mass is 9.92. The molecule has 1 aromatic rings. The topological polar surface area (TPSA) is 59.6 Å². The highest BCUT2D eigenvalue weighted by Crippen LogP contribution is 2.58. The Hall–Kier alpha value is -1.46. The zero-order chi connectivity index (χ0) is 16.3. The average molecular weight is 355 g/mol. The predicted octanol–water partition coefficient (Wildman–Crippen LogP) is 3.23. The molecule has 1 spiro atoms. The Kier molecular flexibility index (Phi) is 6.35. The molecule has 2 aliphatic rings. The molecule has 1 aliphatic carbocycles. The first-order valence-corrected chi connectivity index (χ1v) is 8.60. The molecule has 3 rings (SSSR count). The highest BCUT2D eigenvalue weighted by atomic mass is 35.5. The number of ether oxygens (including phenoxy) is 2. The van der Waals surface area contributed by atoms with Crippen molar-refractivity contribution in [2.24, 2.45) is 11.3 Å². The molecule has 0 aromatic heterocycles. The number of anilines is 1. The number of rotatable bonds is 6. The molecule has 5 nitrogen and oxygen atoms in total. The van der Waals surface area contributed by atoms with E-state index in [1.165, 1.54) is 0 Å². The number of amides is 1. The molecule has 2 N–H and O–H groups in total. The third-order valence-electron chi connectivity index (χ3n) is 4.93. The molecule has 1 aromatic carbocycles. The summed E-state index contributed by atoms with van der Waals surface area (Å²) in [7, 11) is 0. The van der Waals surface area contributed by atoms with Crippen LogP contribution in [0.25, 0.3) is 0 Å². The van der Waals surface area contributed by atoms with Crippen molar-refractivity contribution in [1.82, 2.24) is 5.32 Å². The molecule has 24 heavy (non-hydrogen) atoms. The van der Waals surface area contributed by atoms with Gasteiger partial charge in [-0.2, -0.15) is 0 Å². The van der Waals surface area contributed by atoms with Crippen molar-refractivity contribution in [1.29, 1.82) is 0 Å². The minimum absolute atomic E-state index is 0. The van der Waals surface area contributed by atoms with E-state index >= 15 is 0 Å². The maximum Gasteiger partial charge on any atom is 0.228 e. The summed E-state index contributed by atoms with van der Waals surface area (Å²) in [5, 5.41) is 6.43. The maximum atomic E-state index is 12.6. The number of carbonyl (C=O) groups is 1. The van der Waals surface area contributed by atoms with Crippen LogP contribution in [0.15, 0.2) is 18.2 Å². The Labute approximate surface area is 149 Å². The Bertz CT molecular complexity index is 573. The molecular weight excluding hydrogens is 328 g/mol. The van der Waals surface area contributed by atoms with Gasteiger partial charge in [0.05, 0.1) is 18.9 Å². The van der Waals surface area contributed by atoms with Gasteiger partial charge in [-0.05, 0) is 63.7 Å². The van der Waals surface area contributed by atoms with Crippen molar-refractivity contribution in [3.8, 4) is 11.5 Å². The van der Waals surface area contributed by atoms with Gasteiger partial charge in [-0.25, -0.2) is 0 Å². The van der Waals surface area contributed by atoms with Gasteiger partial charge < -0.3 is 20.1 Å². The summed E-state index contributed by atoms with van der Waals surface area (Å²) in [5.74, 6) is 1.69. The van der Waals surface area contributed by atoms with Gasteiger partial charge in [0.25, 0.3) is 0 Å². The van der Waals surface area contributed by atoms with E-state index in [0.29, 0.717) is 24.7 Å². The fourth-order valence-electron chi connectivity index (χ4n) is 3.56. The van der Waals surface area contributed by atoms with Crippen molar-refractivity contribution in [2.75, 3.05) is 31.6 Å². The van der Waals surface area contributed by atoms with E-state index in [1.54, 1.807) is 0 Å². The van der Waals surface area contributed by atoms with Gasteiger partial charge in [0.1, 0.15) is 11.5 Å². The predicted molar refractivity (Wildman–Crippen MR) is 97.3 cm³/mol. The second kappa shape index (κ2) is 8.08. The lowest BCUT2D eigenvalue weighted by Crippen LogP contribution is -2.31. The average Bonchev–Trinajstić information content (AvgIpc) is 3.24. The minimum Gasteiger partial charge on any atom is -0.494 e. The molecule has 2 fully saturated rings. The minimum atomic E-state index is 0. The molecule has 1 aliphatic heterocycles. The zero-order valence-corrected chi connectivity index (χ0v) is 15.2. The largest absolute Gasteiger partial charge is 0.494 e. The number of piperidine rings is 1. The first-order valence-electron chi connectivity index (χ1n) is 8.60. The second-order valence-electron chi connectivity index (χ2n) is 6.38. The van der Waals surface area contributed by atoms with Crippen LogP contribution in [0, 0.1) is 11.3 Å². The van der Waals surface area contributed by atoms with Gasteiger partial charge in [-0.1, -0.05) is 0 Å². The normalized spacial score (nSPS) is 20.8.